The standard InChI is InChI=1S/C14H20N2O/c1-2-17-11-13-7-4-3-6-12(13)10-16-14-8-5-9-15-14/h3-4,6-7H,2,5,8-11H2,1H3,(H,15,16). The van der Waals surface area contributed by atoms with Gasteiger partial charge in [0.1, 0.15) is 0 Å². The molecule has 1 N–H and O–H groups in total. The van der Waals surface area contributed by atoms with E-state index in [1.54, 1.807) is 0 Å². The Kier molecular flexibility index (Phi) is 4.56. The summed E-state index contributed by atoms with van der Waals surface area (Å²) in [4.78, 5) is 4.42. The monoisotopic (exact) mass is 232 g/mol. The maximum absolute atomic E-state index is 5.47. The molecule has 3 nitrogen and oxygen atoms in total. The minimum absolute atomic E-state index is 0.695. The molecular weight excluding hydrogens is 212 g/mol. The first kappa shape index (κ1) is 12.1. The molecule has 0 amide bonds. The van der Waals surface area contributed by atoms with E-state index in [-0.39, 0.29) is 0 Å². The molecule has 0 unspecified atom stereocenters. The molecule has 0 aromatic heterocycles. The van der Waals surface area contributed by atoms with E-state index in [1.165, 1.54) is 17.5 Å². The molecule has 0 bridgehead atoms. The van der Waals surface area contributed by atoms with Crippen molar-refractivity contribution in [2.45, 2.75) is 32.9 Å². The normalized spacial score (nSPS) is 14.8. The number of ether oxygens (including phenoxy) is 1. The lowest BCUT2D eigenvalue weighted by Gasteiger charge is -2.11. The Morgan fingerprint density at radius 3 is 2.82 bits per heavy atom. The summed E-state index contributed by atoms with van der Waals surface area (Å²) in [5.41, 5.74) is 2.57. The second-order valence-electron chi connectivity index (χ2n) is 4.19. The third-order valence-electron chi connectivity index (χ3n) is 2.94. The number of nitrogens with one attached hydrogen (secondary N) is 1. The topological polar surface area (TPSA) is 33.6 Å². The molecule has 2 rings (SSSR count). The van der Waals surface area contributed by atoms with Gasteiger partial charge in [-0.15, -0.1) is 0 Å². The molecule has 92 valence electrons. The van der Waals surface area contributed by atoms with Crippen LogP contribution in [-0.2, 0) is 17.9 Å². The molecule has 1 aromatic carbocycles. The summed E-state index contributed by atoms with van der Waals surface area (Å²) in [5, 5.41) is 3.41. The van der Waals surface area contributed by atoms with E-state index in [1.807, 2.05) is 6.92 Å². The van der Waals surface area contributed by atoms with Crippen molar-refractivity contribution in [3.8, 4) is 0 Å². The number of benzene rings is 1. The quantitative estimate of drug-likeness (QED) is 0.846. The highest BCUT2D eigenvalue weighted by Gasteiger charge is 2.07. The summed E-state index contributed by atoms with van der Waals surface area (Å²) in [6.07, 6.45) is 2.27. The Balaban J connectivity index is 1.94. The van der Waals surface area contributed by atoms with Gasteiger partial charge in [-0.3, -0.25) is 4.99 Å². The molecule has 0 saturated carbocycles. The molecule has 3 heteroatoms. The Bertz CT molecular complexity index is 388. The Labute approximate surface area is 103 Å². The zero-order valence-electron chi connectivity index (χ0n) is 10.4. The second-order valence-corrected chi connectivity index (χ2v) is 4.19. The molecule has 0 spiro atoms. The van der Waals surface area contributed by atoms with E-state index in [0.29, 0.717) is 6.61 Å². The van der Waals surface area contributed by atoms with E-state index in [0.717, 1.165) is 32.0 Å². The van der Waals surface area contributed by atoms with Gasteiger partial charge in [-0.2, -0.15) is 0 Å². The maximum Gasteiger partial charge on any atom is 0.0966 e. The average molecular weight is 232 g/mol. The van der Waals surface area contributed by atoms with Crippen molar-refractivity contribution in [2.75, 3.05) is 13.2 Å². The minimum atomic E-state index is 0.695. The third kappa shape index (κ3) is 3.56. The molecular formula is C14H20N2O. The molecule has 1 heterocycles. The van der Waals surface area contributed by atoms with E-state index in [9.17, 15) is 0 Å². The molecule has 0 saturated heterocycles. The molecule has 1 aliphatic rings. The minimum Gasteiger partial charge on any atom is -0.377 e. The number of aliphatic imine (C=N–C) groups is 1. The highest BCUT2D eigenvalue weighted by molar-refractivity contribution is 5.83. The summed E-state index contributed by atoms with van der Waals surface area (Å²) in [5.74, 6) is 1.15. The molecule has 17 heavy (non-hydrogen) atoms. The van der Waals surface area contributed by atoms with Crippen molar-refractivity contribution in [1.82, 2.24) is 5.32 Å². The molecule has 0 aliphatic carbocycles. The second kappa shape index (κ2) is 6.40. The van der Waals surface area contributed by atoms with Crippen molar-refractivity contribution in [3.63, 3.8) is 0 Å². The molecule has 0 fully saturated rings. The van der Waals surface area contributed by atoms with Crippen LogP contribution in [0.15, 0.2) is 29.3 Å². The number of nitrogens with zero attached hydrogens (tertiary/aromatic N) is 1. The highest BCUT2D eigenvalue weighted by atomic mass is 16.5. The zero-order valence-corrected chi connectivity index (χ0v) is 10.4. The van der Waals surface area contributed by atoms with Gasteiger partial charge in [-0.1, -0.05) is 24.3 Å². The van der Waals surface area contributed by atoms with Gasteiger partial charge in [0.05, 0.1) is 12.4 Å². The van der Waals surface area contributed by atoms with Gasteiger partial charge >= 0.3 is 0 Å². The number of hydrogen-bond acceptors (Lipinski definition) is 3. The fraction of sp³-hybridized carbons (Fsp3) is 0.500. The van der Waals surface area contributed by atoms with Crippen LogP contribution < -0.4 is 5.32 Å². The number of rotatable bonds is 5. The van der Waals surface area contributed by atoms with E-state index in [4.69, 9.17) is 4.74 Å². The SMILES string of the molecule is CCOCc1ccccc1CNC1=NCCC1. The van der Waals surface area contributed by atoms with E-state index < -0.39 is 0 Å². The van der Waals surface area contributed by atoms with Crippen LogP contribution in [0.25, 0.3) is 0 Å². The van der Waals surface area contributed by atoms with Crippen LogP contribution in [0.5, 0.6) is 0 Å². The predicted molar refractivity (Wildman–Crippen MR) is 70.1 cm³/mol. The van der Waals surface area contributed by atoms with Gasteiger partial charge in [0.15, 0.2) is 0 Å². The fourth-order valence-corrected chi connectivity index (χ4v) is 1.96. The summed E-state index contributed by atoms with van der Waals surface area (Å²) < 4.78 is 5.47. The summed E-state index contributed by atoms with van der Waals surface area (Å²) in [6, 6.07) is 8.41. The Hall–Kier alpha value is -1.35. The third-order valence-corrected chi connectivity index (χ3v) is 2.94. The molecule has 0 atom stereocenters. The highest BCUT2D eigenvalue weighted by Crippen LogP contribution is 2.11. The van der Waals surface area contributed by atoms with Gasteiger partial charge in [0.2, 0.25) is 0 Å². The Morgan fingerprint density at radius 2 is 2.12 bits per heavy atom. The van der Waals surface area contributed by atoms with Crippen LogP contribution in [0, 0.1) is 0 Å². The molecule has 1 aromatic rings. The van der Waals surface area contributed by atoms with Crippen molar-refractivity contribution in [1.29, 1.82) is 0 Å². The molecule has 1 aliphatic heterocycles. The van der Waals surface area contributed by atoms with Gasteiger partial charge in [-0.05, 0) is 24.5 Å². The Morgan fingerprint density at radius 1 is 1.29 bits per heavy atom. The first-order chi connectivity index (χ1) is 8.40. The van der Waals surface area contributed by atoms with Gasteiger partial charge < -0.3 is 10.1 Å². The first-order valence-electron chi connectivity index (χ1n) is 6.32. The number of amidine groups is 1. The maximum atomic E-state index is 5.47. The largest absolute Gasteiger partial charge is 0.377 e. The van der Waals surface area contributed by atoms with Crippen LogP contribution in [0.4, 0.5) is 0 Å². The summed E-state index contributed by atoms with van der Waals surface area (Å²) in [7, 11) is 0. The smallest absolute Gasteiger partial charge is 0.0966 e. The first-order valence-corrected chi connectivity index (χ1v) is 6.32. The number of hydrogen-bond donors (Lipinski definition) is 1. The van der Waals surface area contributed by atoms with Crippen molar-refractivity contribution < 1.29 is 4.74 Å². The average Bonchev–Trinajstić information content (AvgIpc) is 2.88. The van der Waals surface area contributed by atoms with E-state index in [2.05, 4.69) is 34.6 Å². The van der Waals surface area contributed by atoms with Crippen LogP contribution in [0.1, 0.15) is 30.9 Å². The zero-order chi connectivity index (χ0) is 11.9. The van der Waals surface area contributed by atoms with Gasteiger partial charge in [0, 0.05) is 26.1 Å². The van der Waals surface area contributed by atoms with E-state index >= 15 is 0 Å². The van der Waals surface area contributed by atoms with Gasteiger partial charge in [0.25, 0.3) is 0 Å². The predicted octanol–water partition coefficient (Wildman–Crippen LogP) is 2.51. The summed E-state index contributed by atoms with van der Waals surface area (Å²) >= 11 is 0. The van der Waals surface area contributed by atoms with Crippen LogP contribution in [0.2, 0.25) is 0 Å². The van der Waals surface area contributed by atoms with Crippen LogP contribution >= 0.6 is 0 Å². The summed E-state index contributed by atoms with van der Waals surface area (Å²) in [6.45, 7) is 5.30. The van der Waals surface area contributed by atoms with Gasteiger partial charge in [-0.25, -0.2) is 0 Å². The lowest BCUT2D eigenvalue weighted by Crippen LogP contribution is -2.21. The lowest BCUT2D eigenvalue weighted by atomic mass is 10.1. The lowest BCUT2D eigenvalue weighted by molar-refractivity contribution is 0.133. The fourth-order valence-electron chi connectivity index (χ4n) is 1.96. The van der Waals surface area contributed by atoms with Crippen molar-refractivity contribution in [3.05, 3.63) is 35.4 Å². The molecule has 0 radical (unpaired) electrons. The van der Waals surface area contributed by atoms with Crippen LogP contribution in [0.3, 0.4) is 0 Å². The van der Waals surface area contributed by atoms with Crippen molar-refractivity contribution in [2.24, 2.45) is 4.99 Å². The van der Waals surface area contributed by atoms with Crippen molar-refractivity contribution >= 4 is 5.84 Å². The van der Waals surface area contributed by atoms with Crippen LogP contribution in [-0.4, -0.2) is 19.0 Å².